The molecule has 5 heteroatoms. The van der Waals surface area contributed by atoms with Gasteiger partial charge in [0, 0.05) is 12.8 Å². The molecule has 0 aromatic heterocycles. The van der Waals surface area contributed by atoms with Crippen LogP contribution in [0.1, 0.15) is 412 Å². The summed E-state index contributed by atoms with van der Waals surface area (Å²) in [5, 5.41) is 9.68. The Bertz CT molecular complexity index is 1050. The molecule has 0 saturated carbocycles. The number of esters is 2. The van der Waals surface area contributed by atoms with Gasteiger partial charge < -0.3 is 14.6 Å². The van der Waals surface area contributed by atoms with Gasteiger partial charge in [-0.05, 0) is 12.8 Å². The second kappa shape index (κ2) is 66.2. The molecule has 1 atom stereocenters. The first-order chi connectivity index (χ1) is 36.6. The van der Waals surface area contributed by atoms with E-state index in [-0.39, 0.29) is 25.2 Å². The van der Waals surface area contributed by atoms with E-state index in [9.17, 15) is 14.7 Å². The molecule has 0 aliphatic carbocycles. The molecule has 442 valence electrons. The number of rotatable bonds is 66. The maximum absolute atomic E-state index is 12.3. The number of carbonyl (C=O) groups excluding carboxylic acids is 2. The van der Waals surface area contributed by atoms with E-state index in [2.05, 4.69) is 13.8 Å². The van der Waals surface area contributed by atoms with E-state index < -0.39 is 6.10 Å². The molecule has 0 amide bonds. The lowest BCUT2D eigenvalue weighted by Crippen LogP contribution is -2.28. The second-order valence-electron chi connectivity index (χ2n) is 24.0. The fraction of sp³-hybridized carbons (Fsp3) is 0.971. The summed E-state index contributed by atoms with van der Waals surface area (Å²) >= 11 is 0. The van der Waals surface area contributed by atoms with Crippen molar-refractivity contribution in [3.05, 3.63) is 0 Å². The van der Waals surface area contributed by atoms with Crippen molar-refractivity contribution in [2.45, 2.75) is 418 Å². The molecule has 0 bridgehead atoms. The highest BCUT2D eigenvalue weighted by atomic mass is 16.6. The van der Waals surface area contributed by atoms with Crippen LogP contribution >= 0.6 is 0 Å². The molecule has 0 heterocycles. The lowest BCUT2D eigenvalue weighted by Gasteiger charge is -2.15. The van der Waals surface area contributed by atoms with Gasteiger partial charge in [0.1, 0.15) is 6.61 Å². The maximum Gasteiger partial charge on any atom is 0.306 e. The first kappa shape index (κ1) is 72.9. The predicted octanol–water partition coefficient (Wildman–Crippen LogP) is 23.7. The van der Waals surface area contributed by atoms with Gasteiger partial charge in [0.25, 0.3) is 0 Å². The summed E-state index contributed by atoms with van der Waals surface area (Å²) < 4.78 is 10.7. The van der Waals surface area contributed by atoms with Crippen LogP contribution in [0.25, 0.3) is 0 Å². The number of hydrogen-bond donors (Lipinski definition) is 1. The van der Waals surface area contributed by atoms with Gasteiger partial charge >= 0.3 is 11.9 Å². The molecule has 1 unspecified atom stereocenters. The third kappa shape index (κ3) is 63.4. The first-order valence-corrected chi connectivity index (χ1v) is 34.6. The number of hydrogen-bond acceptors (Lipinski definition) is 5. The zero-order valence-electron chi connectivity index (χ0n) is 50.9. The SMILES string of the molecule is CCCCCCCCCCCCCCCCCCCCCCCCCCCCCCCCCCCCCCCCCCCC(=O)OC(CO)COC(=O)CCCCCCCCCCCCCCCCCCCCC. The normalized spacial score (nSPS) is 12.0. The third-order valence-electron chi connectivity index (χ3n) is 16.4. The zero-order valence-corrected chi connectivity index (χ0v) is 50.9. The number of ether oxygens (including phenoxy) is 2. The minimum absolute atomic E-state index is 0.0556. The summed E-state index contributed by atoms with van der Waals surface area (Å²) in [5.41, 5.74) is 0. The van der Waals surface area contributed by atoms with Crippen LogP contribution in [0.2, 0.25) is 0 Å². The Hall–Kier alpha value is -1.10. The lowest BCUT2D eigenvalue weighted by atomic mass is 10.0. The van der Waals surface area contributed by atoms with E-state index in [0.29, 0.717) is 12.8 Å². The van der Waals surface area contributed by atoms with E-state index in [1.807, 2.05) is 0 Å². The number of carbonyl (C=O) groups is 2. The van der Waals surface area contributed by atoms with Crippen LogP contribution in [0.3, 0.4) is 0 Å². The molecule has 0 aliphatic rings. The van der Waals surface area contributed by atoms with Gasteiger partial charge in [-0.3, -0.25) is 9.59 Å². The molecule has 0 aromatic carbocycles. The Morgan fingerprint density at radius 1 is 0.257 bits per heavy atom. The van der Waals surface area contributed by atoms with Crippen molar-refractivity contribution >= 4 is 11.9 Å². The Balaban J connectivity index is 3.32. The summed E-state index contributed by atoms with van der Waals surface area (Å²) in [6.07, 6.45) is 83.0. The summed E-state index contributed by atoms with van der Waals surface area (Å²) in [5.74, 6) is -0.561. The number of aliphatic hydroxyl groups is 1. The Morgan fingerprint density at radius 2 is 0.419 bits per heavy atom. The molecule has 0 spiro atoms. The van der Waals surface area contributed by atoms with Crippen LogP contribution < -0.4 is 0 Å². The molecule has 74 heavy (non-hydrogen) atoms. The van der Waals surface area contributed by atoms with Crippen molar-refractivity contribution in [2.24, 2.45) is 0 Å². The van der Waals surface area contributed by atoms with Crippen LogP contribution in [0.15, 0.2) is 0 Å². The molecule has 0 radical (unpaired) electrons. The van der Waals surface area contributed by atoms with Crippen molar-refractivity contribution in [2.75, 3.05) is 13.2 Å². The first-order valence-electron chi connectivity index (χ1n) is 34.6. The van der Waals surface area contributed by atoms with Crippen molar-refractivity contribution < 1.29 is 24.2 Å². The molecule has 5 nitrogen and oxygen atoms in total. The largest absolute Gasteiger partial charge is 0.462 e. The summed E-state index contributed by atoms with van der Waals surface area (Å²) in [6.45, 7) is 4.22. The second-order valence-corrected chi connectivity index (χ2v) is 24.0. The van der Waals surface area contributed by atoms with Crippen LogP contribution in [-0.2, 0) is 19.1 Å². The van der Waals surface area contributed by atoms with Crippen molar-refractivity contribution in [1.82, 2.24) is 0 Å². The van der Waals surface area contributed by atoms with E-state index in [0.717, 1.165) is 32.1 Å². The molecule has 0 aliphatic heterocycles. The average Bonchev–Trinajstić information content (AvgIpc) is 3.40. The number of unbranched alkanes of at least 4 members (excludes halogenated alkanes) is 58. The van der Waals surface area contributed by atoms with E-state index in [4.69, 9.17) is 9.47 Å². The Kier molecular flexibility index (Phi) is 65.2. The van der Waals surface area contributed by atoms with E-state index >= 15 is 0 Å². The predicted molar refractivity (Wildman–Crippen MR) is 326 cm³/mol. The lowest BCUT2D eigenvalue weighted by molar-refractivity contribution is -0.161. The standard InChI is InChI=1S/C69H136O5/c1-3-5-7-9-11-13-15-17-19-21-23-24-25-26-27-28-29-30-31-32-33-34-35-36-37-38-39-40-41-42-43-44-46-48-50-52-54-56-58-60-62-64-69(72)74-67(65-70)66-73-68(71)63-61-59-57-55-53-51-49-47-45-22-20-18-16-14-12-10-8-6-4-2/h67,70H,3-66H2,1-2H3. The molecule has 0 fully saturated rings. The van der Waals surface area contributed by atoms with Crippen LogP contribution in [0.5, 0.6) is 0 Å². The monoisotopic (exact) mass is 1050 g/mol. The Labute approximate surface area is 465 Å². The fourth-order valence-electron chi connectivity index (χ4n) is 11.2. The average molecular weight is 1050 g/mol. The molecule has 0 saturated heterocycles. The minimum Gasteiger partial charge on any atom is -0.462 e. The van der Waals surface area contributed by atoms with Crippen molar-refractivity contribution in [3.8, 4) is 0 Å². The minimum atomic E-state index is -0.765. The quantitative estimate of drug-likeness (QED) is 0.0485. The van der Waals surface area contributed by atoms with Crippen molar-refractivity contribution in [1.29, 1.82) is 0 Å². The molecular formula is C69H136O5. The van der Waals surface area contributed by atoms with Crippen LogP contribution in [-0.4, -0.2) is 36.4 Å². The Morgan fingerprint density at radius 3 is 0.595 bits per heavy atom. The molecule has 1 N–H and O–H groups in total. The van der Waals surface area contributed by atoms with Crippen LogP contribution in [0.4, 0.5) is 0 Å². The highest BCUT2D eigenvalue weighted by Gasteiger charge is 2.16. The maximum atomic E-state index is 12.3. The van der Waals surface area contributed by atoms with Gasteiger partial charge in [-0.1, -0.05) is 386 Å². The van der Waals surface area contributed by atoms with E-state index in [1.54, 1.807) is 0 Å². The zero-order chi connectivity index (χ0) is 53.4. The number of aliphatic hydroxyl groups excluding tert-OH is 1. The molecule has 0 rings (SSSR count). The highest BCUT2D eigenvalue weighted by molar-refractivity contribution is 5.70. The topological polar surface area (TPSA) is 72.8 Å². The third-order valence-corrected chi connectivity index (χ3v) is 16.4. The van der Waals surface area contributed by atoms with Gasteiger partial charge in [0.05, 0.1) is 6.61 Å². The van der Waals surface area contributed by atoms with Gasteiger partial charge in [-0.25, -0.2) is 0 Å². The van der Waals surface area contributed by atoms with Gasteiger partial charge in [-0.2, -0.15) is 0 Å². The van der Waals surface area contributed by atoms with Gasteiger partial charge in [-0.15, -0.1) is 0 Å². The van der Waals surface area contributed by atoms with Gasteiger partial charge in [0.2, 0.25) is 0 Å². The highest BCUT2D eigenvalue weighted by Crippen LogP contribution is 2.20. The van der Waals surface area contributed by atoms with Gasteiger partial charge in [0.15, 0.2) is 6.10 Å². The summed E-state index contributed by atoms with van der Waals surface area (Å²) in [7, 11) is 0. The fourth-order valence-corrected chi connectivity index (χ4v) is 11.2. The van der Waals surface area contributed by atoms with Crippen LogP contribution in [0, 0.1) is 0 Å². The summed E-state index contributed by atoms with van der Waals surface area (Å²) in [6, 6.07) is 0. The van der Waals surface area contributed by atoms with E-state index in [1.165, 1.54) is 353 Å². The molecular weight excluding hydrogens is 909 g/mol. The molecule has 0 aromatic rings. The summed E-state index contributed by atoms with van der Waals surface area (Å²) in [4.78, 5) is 24.6. The smallest absolute Gasteiger partial charge is 0.306 e. The van der Waals surface area contributed by atoms with Crippen molar-refractivity contribution in [3.63, 3.8) is 0 Å².